The lowest BCUT2D eigenvalue weighted by molar-refractivity contribution is -0.392. The monoisotopic (exact) mass is 708 g/mol. The van der Waals surface area contributed by atoms with E-state index in [1.54, 1.807) is 4.90 Å². The Morgan fingerprint density at radius 2 is 1.42 bits per heavy atom. The SMILES string of the molecule is O=C([C@@H]1CC[C@@](c2ccc(C(OCc3c(F)cccc3F)(C(F)(F)F)C(F)(F)F)cc2)(S(=O)(=O)c2ccc(F)cc2)C1)N1CCNCC1. The summed E-state index contributed by atoms with van der Waals surface area (Å²) < 4.78 is 160. The number of benzene rings is 3. The van der Waals surface area contributed by atoms with E-state index < -0.39 is 73.6 Å². The first-order valence-electron chi connectivity index (χ1n) is 14.8. The molecule has 0 unspecified atom stereocenters. The van der Waals surface area contributed by atoms with Gasteiger partial charge in [0.15, 0.2) is 9.84 Å². The molecule has 2 aliphatic rings. The van der Waals surface area contributed by atoms with E-state index in [-0.39, 0.29) is 35.6 Å². The summed E-state index contributed by atoms with van der Waals surface area (Å²) in [6.45, 7) is -0.0294. The molecule has 0 aromatic heterocycles. The second-order valence-corrected chi connectivity index (χ2v) is 14.0. The number of carbonyl (C=O) groups is 1. The largest absolute Gasteiger partial charge is 0.430 e. The van der Waals surface area contributed by atoms with Crippen LogP contribution in [0.2, 0.25) is 0 Å². The summed E-state index contributed by atoms with van der Waals surface area (Å²) in [5.74, 6) is -4.80. The van der Waals surface area contributed by atoms with Crippen LogP contribution in [-0.2, 0) is 36.3 Å². The number of nitrogens with one attached hydrogen (secondary N) is 1. The number of hydrogen-bond acceptors (Lipinski definition) is 5. The highest BCUT2D eigenvalue weighted by Gasteiger charge is 2.73. The molecule has 1 N–H and O–H groups in total. The quantitative estimate of drug-likeness (QED) is 0.213. The van der Waals surface area contributed by atoms with Gasteiger partial charge in [-0.2, -0.15) is 26.3 Å². The molecule has 2 atom stereocenters. The van der Waals surface area contributed by atoms with Gasteiger partial charge in [0.2, 0.25) is 5.91 Å². The summed E-state index contributed by atoms with van der Waals surface area (Å²) >= 11 is 0. The van der Waals surface area contributed by atoms with E-state index in [0.29, 0.717) is 50.4 Å². The summed E-state index contributed by atoms with van der Waals surface area (Å²) in [6, 6.07) is 8.28. The van der Waals surface area contributed by atoms with E-state index in [1.165, 1.54) is 0 Å². The number of carbonyl (C=O) groups excluding carboxylic acids is 1. The van der Waals surface area contributed by atoms with Gasteiger partial charge in [-0.3, -0.25) is 4.79 Å². The van der Waals surface area contributed by atoms with Crippen LogP contribution < -0.4 is 5.32 Å². The molecular weight excluding hydrogens is 679 g/mol. The molecule has 6 nitrogen and oxygen atoms in total. The van der Waals surface area contributed by atoms with Crippen molar-refractivity contribution in [1.82, 2.24) is 10.2 Å². The minimum atomic E-state index is -6.21. The summed E-state index contributed by atoms with van der Waals surface area (Å²) in [5.41, 5.74) is -7.97. The molecule has 1 saturated carbocycles. The maximum absolute atomic E-state index is 14.5. The zero-order valence-electron chi connectivity index (χ0n) is 25.0. The first-order valence-corrected chi connectivity index (χ1v) is 16.2. The topological polar surface area (TPSA) is 75.7 Å². The molecule has 0 radical (unpaired) electrons. The predicted octanol–water partition coefficient (Wildman–Crippen LogP) is 6.54. The molecule has 16 heteroatoms. The van der Waals surface area contributed by atoms with Crippen LogP contribution in [0.1, 0.15) is 36.0 Å². The molecule has 0 spiro atoms. The molecule has 1 amide bonds. The fourth-order valence-corrected chi connectivity index (χ4v) is 8.66. The van der Waals surface area contributed by atoms with Crippen molar-refractivity contribution in [2.24, 2.45) is 5.92 Å². The molecule has 260 valence electrons. The number of amides is 1. The minimum Gasteiger partial charge on any atom is -0.349 e. The van der Waals surface area contributed by atoms with Gasteiger partial charge in [-0.1, -0.05) is 30.3 Å². The van der Waals surface area contributed by atoms with Crippen LogP contribution in [0.3, 0.4) is 0 Å². The van der Waals surface area contributed by atoms with Gasteiger partial charge >= 0.3 is 12.4 Å². The fraction of sp³-hybridized carbons (Fsp3) is 0.406. The van der Waals surface area contributed by atoms with Gasteiger partial charge in [-0.05, 0) is 61.2 Å². The third-order valence-corrected chi connectivity index (χ3v) is 11.5. The molecule has 2 fully saturated rings. The lowest BCUT2D eigenvalue weighted by Gasteiger charge is -2.38. The number of alkyl halides is 6. The van der Waals surface area contributed by atoms with Gasteiger partial charge in [0.1, 0.15) is 22.2 Å². The average molecular weight is 709 g/mol. The van der Waals surface area contributed by atoms with Crippen LogP contribution in [0.15, 0.2) is 71.6 Å². The second kappa shape index (κ2) is 13.0. The Morgan fingerprint density at radius 1 is 0.854 bits per heavy atom. The Labute approximate surface area is 269 Å². The van der Waals surface area contributed by atoms with Crippen LogP contribution in [0.4, 0.5) is 39.5 Å². The van der Waals surface area contributed by atoms with E-state index in [4.69, 9.17) is 0 Å². The number of nitrogens with zero attached hydrogens (tertiary/aromatic N) is 1. The first kappa shape index (κ1) is 35.7. The van der Waals surface area contributed by atoms with E-state index in [0.717, 1.165) is 42.5 Å². The number of halogens is 9. The normalized spacial score (nSPS) is 21.0. The van der Waals surface area contributed by atoms with E-state index in [9.17, 15) is 52.7 Å². The number of hydrogen-bond donors (Lipinski definition) is 1. The standard InChI is InChI=1S/C32H29F9N2O4S/c33-23-8-10-24(11-9-23)48(45,46)29(13-12-20(18-29)28(44)43-16-14-42-15-17-43)21-4-6-22(7-5-21)30(31(36,37)38,32(39,40)41)47-19-25-26(34)2-1-3-27(25)35/h1-11,20,42H,12-19H2/t20-,29-/m1/s1. The van der Waals surface area contributed by atoms with E-state index in [2.05, 4.69) is 10.1 Å². The van der Waals surface area contributed by atoms with Crippen molar-refractivity contribution in [3.63, 3.8) is 0 Å². The Hall–Kier alpha value is -3.63. The van der Waals surface area contributed by atoms with Crippen molar-refractivity contribution >= 4 is 15.7 Å². The highest BCUT2D eigenvalue weighted by molar-refractivity contribution is 7.92. The van der Waals surface area contributed by atoms with Crippen molar-refractivity contribution in [3.8, 4) is 0 Å². The molecule has 1 saturated heterocycles. The molecular formula is C32H29F9N2O4S. The molecule has 1 aliphatic carbocycles. The molecule has 1 heterocycles. The highest BCUT2D eigenvalue weighted by atomic mass is 32.2. The Bertz CT molecular complexity index is 1710. The second-order valence-electron chi connectivity index (χ2n) is 11.7. The lowest BCUT2D eigenvalue weighted by Crippen LogP contribution is -2.56. The van der Waals surface area contributed by atoms with Crippen LogP contribution in [-0.4, -0.2) is 57.8 Å². The third kappa shape index (κ3) is 6.17. The molecule has 3 aromatic carbocycles. The van der Waals surface area contributed by atoms with E-state index >= 15 is 0 Å². The first-order chi connectivity index (χ1) is 22.4. The molecule has 48 heavy (non-hydrogen) atoms. The zero-order chi connectivity index (χ0) is 35.1. The zero-order valence-corrected chi connectivity index (χ0v) is 25.8. The fourth-order valence-electron chi connectivity index (χ4n) is 6.46. The summed E-state index contributed by atoms with van der Waals surface area (Å²) in [5, 5.41) is 3.09. The molecule has 0 bridgehead atoms. The van der Waals surface area contributed by atoms with Gasteiger partial charge in [-0.15, -0.1) is 0 Å². The van der Waals surface area contributed by atoms with Crippen molar-refractivity contribution in [2.75, 3.05) is 26.2 Å². The average Bonchev–Trinajstić information content (AvgIpc) is 3.49. The Morgan fingerprint density at radius 3 is 1.96 bits per heavy atom. The maximum atomic E-state index is 14.5. The number of rotatable bonds is 8. The summed E-state index contributed by atoms with van der Waals surface area (Å²) in [7, 11) is -4.54. The van der Waals surface area contributed by atoms with Crippen LogP contribution >= 0.6 is 0 Å². The van der Waals surface area contributed by atoms with Gasteiger partial charge in [0, 0.05) is 43.2 Å². The summed E-state index contributed by atoms with van der Waals surface area (Å²) in [6.07, 6.45) is -12.9. The van der Waals surface area contributed by atoms with Crippen molar-refractivity contribution < 1.29 is 57.5 Å². The predicted molar refractivity (Wildman–Crippen MR) is 153 cm³/mol. The molecule has 5 rings (SSSR count). The van der Waals surface area contributed by atoms with Gasteiger partial charge in [0.05, 0.1) is 11.5 Å². The van der Waals surface area contributed by atoms with E-state index in [1.807, 2.05) is 0 Å². The lowest BCUT2D eigenvalue weighted by atomic mass is 9.88. The number of sulfone groups is 1. The number of piperazine rings is 1. The maximum Gasteiger partial charge on any atom is 0.430 e. The summed E-state index contributed by atoms with van der Waals surface area (Å²) in [4.78, 5) is 14.6. The smallest absolute Gasteiger partial charge is 0.349 e. The molecule has 1 aliphatic heterocycles. The van der Waals surface area contributed by atoms with Gasteiger partial charge < -0.3 is 15.0 Å². The van der Waals surface area contributed by atoms with Crippen molar-refractivity contribution in [2.45, 2.75) is 53.5 Å². The van der Waals surface area contributed by atoms with Gasteiger partial charge in [0.25, 0.3) is 5.60 Å². The Kier molecular flexibility index (Phi) is 9.67. The van der Waals surface area contributed by atoms with Crippen molar-refractivity contribution in [3.05, 3.63) is 101 Å². The van der Waals surface area contributed by atoms with Crippen molar-refractivity contribution in [1.29, 1.82) is 0 Å². The number of ether oxygens (including phenoxy) is 1. The minimum absolute atomic E-state index is 0.0390. The van der Waals surface area contributed by atoms with Crippen LogP contribution in [0, 0.1) is 23.4 Å². The van der Waals surface area contributed by atoms with Gasteiger partial charge in [-0.25, -0.2) is 21.6 Å². The third-order valence-electron chi connectivity index (χ3n) is 9.00. The van der Waals surface area contributed by atoms with Crippen LogP contribution in [0.25, 0.3) is 0 Å². The Balaban J connectivity index is 1.59. The van der Waals surface area contributed by atoms with Crippen LogP contribution in [0.5, 0.6) is 0 Å². The highest BCUT2D eigenvalue weighted by Crippen LogP contribution is 2.55. The molecule has 3 aromatic rings.